The van der Waals surface area contributed by atoms with Crippen molar-refractivity contribution in [2.75, 3.05) is 0 Å². The molecule has 2 nitrogen and oxygen atoms in total. The summed E-state index contributed by atoms with van der Waals surface area (Å²) in [5.74, 6) is -0.670. The Hall–Kier alpha value is -1.02. The molecular formula is C11H13ClO2. The molecule has 1 unspecified atom stereocenters. The Morgan fingerprint density at radius 3 is 2.43 bits per heavy atom. The molecular weight excluding hydrogens is 200 g/mol. The second kappa shape index (κ2) is 5.01. The van der Waals surface area contributed by atoms with E-state index in [2.05, 4.69) is 0 Å². The molecule has 0 aromatic heterocycles. The zero-order valence-corrected chi connectivity index (χ0v) is 8.79. The number of hydrogen-bond acceptors (Lipinski definition) is 1. The highest BCUT2D eigenvalue weighted by Gasteiger charge is 2.12. The van der Waals surface area contributed by atoms with Gasteiger partial charge in [-0.25, -0.2) is 0 Å². The molecule has 0 aliphatic rings. The van der Waals surface area contributed by atoms with Crippen molar-refractivity contribution in [1.82, 2.24) is 0 Å². The highest BCUT2D eigenvalue weighted by molar-refractivity contribution is 6.30. The van der Waals surface area contributed by atoms with E-state index in [1.807, 2.05) is 19.1 Å². The van der Waals surface area contributed by atoms with Crippen molar-refractivity contribution in [1.29, 1.82) is 0 Å². The van der Waals surface area contributed by atoms with Gasteiger partial charge < -0.3 is 5.11 Å². The minimum atomic E-state index is -0.758. The Labute approximate surface area is 88.5 Å². The lowest BCUT2D eigenvalue weighted by atomic mass is 9.93. The number of halogens is 1. The molecule has 1 rings (SSSR count). The minimum absolute atomic E-state index is 0.0877. The lowest BCUT2D eigenvalue weighted by Crippen LogP contribution is -2.05. The Morgan fingerprint density at radius 2 is 2.00 bits per heavy atom. The van der Waals surface area contributed by atoms with E-state index in [4.69, 9.17) is 16.7 Å². The molecule has 0 bridgehead atoms. The first kappa shape index (κ1) is 11.1. The number of rotatable bonds is 4. The van der Waals surface area contributed by atoms with Crippen molar-refractivity contribution in [2.45, 2.75) is 25.7 Å². The topological polar surface area (TPSA) is 37.3 Å². The van der Waals surface area contributed by atoms with E-state index in [9.17, 15) is 4.79 Å². The summed E-state index contributed by atoms with van der Waals surface area (Å²) in [6.45, 7) is 1.99. The summed E-state index contributed by atoms with van der Waals surface area (Å²) in [7, 11) is 0. The van der Waals surface area contributed by atoms with Crippen LogP contribution in [-0.4, -0.2) is 11.1 Å². The standard InChI is InChI=1S/C11H13ClO2/c1-2-8(7-11(13)14)9-3-5-10(12)6-4-9/h3-6,8H,2,7H2,1H3,(H,13,14). The summed E-state index contributed by atoms with van der Waals surface area (Å²) in [6.07, 6.45) is 1.01. The zero-order chi connectivity index (χ0) is 10.6. The number of aliphatic carboxylic acids is 1. The Morgan fingerprint density at radius 1 is 1.43 bits per heavy atom. The molecule has 0 spiro atoms. The van der Waals surface area contributed by atoms with Gasteiger partial charge >= 0.3 is 5.97 Å². The van der Waals surface area contributed by atoms with Gasteiger partial charge in [0.2, 0.25) is 0 Å². The molecule has 1 aromatic carbocycles. The molecule has 0 heterocycles. The van der Waals surface area contributed by atoms with Gasteiger partial charge in [0.25, 0.3) is 0 Å². The van der Waals surface area contributed by atoms with Gasteiger partial charge in [-0.15, -0.1) is 0 Å². The van der Waals surface area contributed by atoms with Crippen molar-refractivity contribution in [3.05, 3.63) is 34.9 Å². The molecule has 0 fully saturated rings. The average molecular weight is 213 g/mol. The highest BCUT2D eigenvalue weighted by atomic mass is 35.5. The maximum atomic E-state index is 10.6. The van der Waals surface area contributed by atoms with E-state index in [1.54, 1.807) is 12.1 Å². The van der Waals surface area contributed by atoms with Gasteiger partial charge in [-0.2, -0.15) is 0 Å². The second-order valence-electron chi connectivity index (χ2n) is 3.25. The Kier molecular flexibility index (Phi) is 3.96. The van der Waals surface area contributed by atoms with Gasteiger partial charge in [-0.05, 0) is 30.0 Å². The lowest BCUT2D eigenvalue weighted by molar-refractivity contribution is -0.137. The third-order valence-electron chi connectivity index (χ3n) is 2.26. The van der Waals surface area contributed by atoms with Crippen molar-refractivity contribution in [2.24, 2.45) is 0 Å². The van der Waals surface area contributed by atoms with Crippen LogP contribution in [0.15, 0.2) is 24.3 Å². The number of hydrogen-bond donors (Lipinski definition) is 1. The van der Waals surface area contributed by atoms with Gasteiger partial charge in [0.15, 0.2) is 0 Å². The fraction of sp³-hybridized carbons (Fsp3) is 0.364. The quantitative estimate of drug-likeness (QED) is 0.832. The molecule has 14 heavy (non-hydrogen) atoms. The smallest absolute Gasteiger partial charge is 0.303 e. The fourth-order valence-corrected chi connectivity index (χ4v) is 1.57. The van der Waals surface area contributed by atoms with Gasteiger partial charge in [0.05, 0.1) is 6.42 Å². The monoisotopic (exact) mass is 212 g/mol. The van der Waals surface area contributed by atoms with Gasteiger partial charge in [0.1, 0.15) is 0 Å². The minimum Gasteiger partial charge on any atom is -0.481 e. The molecule has 0 aliphatic carbocycles. The van der Waals surface area contributed by atoms with Crippen LogP contribution in [0.5, 0.6) is 0 Å². The number of carboxylic acid groups (broad SMARTS) is 1. The van der Waals surface area contributed by atoms with Crippen LogP contribution in [-0.2, 0) is 4.79 Å². The van der Waals surface area contributed by atoms with Crippen LogP contribution in [0, 0.1) is 0 Å². The molecule has 76 valence electrons. The molecule has 1 aromatic rings. The fourth-order valence-electron chi connectivity index (χ4n) is 1.44. The van der Waals surface area contributed by atoms with Crippen molar-refractivity contribution in [3.63, 3.8) is 0 Å². The summed E-state index contributed by atoms with van der Waals surface area (Å²) in [5.41, 5.74) is 1.04. The Balaban J connectivity index is 2.78. The normalized spacial score (nSPS) is 12.4. The summed E-state index contributed by atoms with van der Waals surface area (Å²) in [5, 5.41) is 9.38. The third kappa shape index (κ3) is 3.04. The first-order chi connectivity index (χ1) is 6.63. The first-order valence-corrected chi connectivity index (χ1v) is 4.98. The molecule has 0 aliphatic heterocycles. The van der Waals surface area contributed by atoms with Crippen LogP contribution in [0.3, 0.4) is 0 Å². The SMILES string of the molecule is CCC(CC(=O)O)c1ccc(Cl)cc1. The zero-order valence-electron chi connectivity index (χ0n) is 8.03. The number of benzene rings is 1. The lowest BCUT2D eigenvalue weighted by Gasteiger charge is -2.12. The van der Waals surface area contributed by atoms with Crippen molar-refractivity contribution in [3.8, 4) is 0 Å². The molecule has 1 atom stereocenters. The maximum Gasteiger partial charge on any atom is 0.303 e. The van der Waals surface area contributed by atoms with E-state index in [1.165, 1.54) is 0 Å². The molecule has 0 saturated carbocycles. The third-order valence-corrected chi connectivity index (χ3v) is 2.51. The molecule has 0 amide bonds. The summed E-state index contributed by atoms with van der Waals surface area (Å²) in [4.78, 5) is 10.6. The van der Waals surface area contributed by atoms with Crippen LogP contribution in [0.25, 0.3) is 0 Å². The number of carboxylic acids is 1. The van der Waals surface area contributed by atoms with Gasteiger partial charge in [-0.3, -0.25) is 4.79 Å². The maximum absolute atomic E-state index is 10.6. The number of carbonyl (C=O) groups is 1. The predicted octanol–water partition coefficient (Wildman–Crippen LogP) is 3.31. The van der Waals surface area contributed by atoms with Crippen molar-refractivity contribution < 1.29 is 9.90 Å². The van der Waals surface area contributed by atoms with Crippen molar-refractivity contribution >= 4 is 17.6 Å². The van der Waals surface area contributed by atoms with Crippen LogP contribution < -0.4 is 0 Å². The molecule has 0 saturated heterocycles. The largest absolute Gasteiger partial charge is 0.481 e. The molecule has 1 N–H and O–H groups in total. The summed E-state index contributed by atoms with van der Waals surface area (Å²) >= 11 is 5.75. The van der Waals surface area contributed by atoms with E-state index in [-0.39, 0.29) is 12.3 Å². The Bertz CT molecular complexity index is 306. The van der Waals surface area contributed by atoms with Crippen LogP contribution in [0.2, 0.25) is 5.02 Å². The van der Waals surface area contributed by atoms with E-state index >= 15 is 0 Å². The van der Waals surface area contributed by atoms with Crippen LogP contribution >= 0.6 is 11.6 Å². The van der Waals surface area contributed by atoms with Crippen LogP contribution in [0.1, 0.15) is 31.2 Å². The second-order valence-corrected chi connectivity index (χ2v) is 3.69. The molecule has 3 heteroatoms. The highest BCUT2D eigenvalue weighted by Crippen LogP contribution is 2.24. The predicted molar refractivity (Wildman–Crippen MR) is 56.7 cm³/mol. The van der Waals surface area contributed by atoms with Gasteiger partial charge in [0, 0.05) is 5.02 Å². The van der Waals surface area contributed by atoms with E-state index in [0.717, 1.165) is 12.0 Å². The van der Waals surface area contributed by atoms with E-state index in [0.29, 0.717) is 5.02 Å². The summed E-state index contributed by atoms with van der Waals surface area (Å²) < 4.78 is 0. The van der Waals surface area contributed by atoms with E-state index < -0.39 is 5.97 Å². The van der Waals surface area contributed by atoms with Gasteiger partial charge in [-0.1, -0.05) is 30.7 Å². The molecule has 0 radical (unpaired) electrons. The van der Waals surface area contributed by atoms with Crippen LogP contribution in [0.4, 0.5) is 0 Å². The summed E-state index contributed by atoms with van der Waals surface area (Å²) in [6, 6.07) is 7.36. The average Bonchev–Trinajstić information content (AvgIpc) is 2.15. The first-order valence-electron chi connectivity index (χ1n) is 4.60.